The van der Waals surface area contributed by atoms with Gasteiger partial charge in [0.2, 0.25) is 5.95 Å². The number of amides is 2. The molecule has 2 aliphatic rings. The molecule has 1 fully saturated rings. The molecule has 0 aromatic carbocycles. The molecule has 1 aliphatic heterocycles. The van der Waals surface area contributed by atoms with Crippen LogP contribution in [0.4, 0.5) is 16.6 Å². The number of H-pyrrole nitrogens is 1. The quantitative estimate of drug-likeness (QED) is 0.803. The zero-order chi connectivity index (χ0) is 16.9. The molecule has 2 unspecified atom stereocenters. The number of anilines is 2. The van der Waals surface area contributed by atoms with Crippen molar-refractivity contribution in [1.29, 1.82) is 0 Å². The van der Waals surface area contributed by atoms with Gasteiger partial charge in [-0.25, -0.2) is 14.8 Å². The molecule has 2 atom stereocenters. The predicted octanol–water partition coefficient (Wildman–Crippen LogP) is 2.73. The number of rotatable bonds is 3. The summed E-state index contributed by atoms with van der Waals surface area (Å²) in [6.07, 6.45) is 2.85. The van der Waals surface area contributed by atoms with Gasteiger partial charge in [0.1, 0.15) is 5.60 Å². The largest absolute Gasteiger partial charge is 0.364 e. The molecule has 8 heteroatoms. The summed E-state index contributed by atoms with van der Waals surface area (Å²) in [4.78, 5) is 20.7. The van der Waals surface area contributed by atoms with Crippen LogP contribution in [0.5, 0.6) is 0 Å². The van der Waals surface area contributed by atoms with Crippen LogP contribution >= 0.6 is 0 Å². The Kier molecular flexibility index (Phi) is 3.31. The molecular formula is C16H20N6O2. The number of urea groups is 1. The fourth-order valence-electron chi connectivity index (χ4n) is 3.02. The number of hydrogen-bond donors (Lipinski definition) is 3. The lowest BCUT2D eigenvalue weighted by Crippen LogP contribution is -2.23. The first kappa shape index (κ1) is 15.1. The van der Waals surface area contributed by atoms with E-state index in [0.717, 1.165) is 23.4 Å². The monoisotopic (exact) mass is 328 g/mol. The minimum absolute atomic E-state index is 0.247. The van der Waals surface area contributed by atoms with E-state index in [4.69, 9.17) is 4.74 Å². The molecule has 4 rings (SSSR count). The van der Waals surface area contributed by atoms with E-state index >= 15 is 0 Å². The fourth-order valence-corrected chi connectivity index (χ4v) is 3.02. The Morgan fingerprint density at radius 2 is 2.21 bits per heavy atom. The van der Waals surface area contributed by atoms with Crippen molar-refractivity contribution in [2.45, 2.75) is 45.3 Å². The summed E-state index contributed by atoms with van der Waals surface area (Å²) in [7, 11) is 0. The zero-order valence-electron chi connectivity index (χ0n) is 13.9. The summed E-state index contributed by atoms with van der Waals surface area (Å²) in [5.41, 5.74) is 2.34. The molecule has 0 bridgehead atoms. The zero-order valence-corrected chi connectivity index (χ0v) is 13.9. The van der Waals surface area contributed by atoms with Crippen molar-refractivity contribution in [1.82, 2.24) is 20.2 Å². The number of nitrogens with one attached hydrogen (secondary N) is 3. The van der Waals surface area contributed by atoms with E-state index in [1.54, 1.807) is 6.20 Å². The smallest absolute Gasteiger partial charge is 0.327 e. The van der Waals surface area contributed by atoms with Gasteiger partial charge in [-0.3, -0.25) is 15.7 Å². The molecule has 1 saturated carbocycles. The van der Waals surface area contributed by atoms with Gasteiger partial charge in [0.15, 0.2) is 5.82 Å². The number of carbonyl (C=O) groups excluding carboxylic acids is 1. The third kappa shape index (κ3) is 2.73. The van der Waals surface area contributed by atoms with Gasteiger partial charge in [0, 0.05) is 29.4 Å². The number of aromatic nitrogens is 4. The van der Waals surface area contributed by atoms with E-state index < -0.39 is 11.6 Å². The molecule has 0 spiro atoms. The Bertz CT molecular complexity index is 800. The van der Waals surface area contributed by atoms with E-state index in [9.17, 15) is 4.79 Å². The first-order valence-corrected chi connectivity index (χ1v) is 8.06. The standard InChI is InChI=1S/C16H20N6O2/c1-8-4-10(8)11-5-12(22-21-11)18-15(23)20-14-17-6-9-7-24-16(2,3)13(9)19-14/h5-6,8,10H,4,7H2,1-3H3,(H3,17,18,19,20,21,22,23). The molecular weight excluding hydrogens is 308 g/mol. The summed E-state index contributed by atoms with van der Waals surface area (Å²) >= 11 is 0. The Morgan fingerprint density at radius 1 is 1.42 bits per heavy atom. The molecule has 3 N–H and O–H groups in total. The molecule has 2 aromatic heterocycles. The molecule has 24 heavy (non-hydrogen) atoms. The maximum Gasteiger partial charge on any atom is 0.327 e. The summed E-state index contributed by atoms with van der Waals surface area (Å²) in [5.74, 6) is 1.94. The second-order valence-electron chi connectivity index (χ2n) is 6.97. The molecule has 0 saturated heterocycles. The van der Waals surface area contributed by atoms with Crippen LogP contribution in [0.15, 0.2) is 12.3 Å². The summed E-state index contributed by atoms with van der Waals surface area (Å²) in [6.45, 7) is 6.58. The van der Waals surface area contributed by atoms with Crippen molar-refractivity contribution in [3.8, 4) is 0 Å². The van der Waals surface area contributed by atoms with E-state index in [1.165, 1.54) is 0 Å². The fraction of sp³-hybridized carbons (Fsp3) is 0.500. The highest BCUT2D eigenvalue weighted by atomic mass is 16.5. The van der Waals surface area contributed by atoms with E-state index in [-0.39, 0.29) is 5.95 Å². The van der Waals surface area contributed by atoms with Crippen LogP contribution in [-0.2, 0) is 16.9 Å². The number of nitrogens with zero attached hydrogens (tertiary/aromatic N) is 3. The summed E-state index contributed by atoms with van der Waals surface area (Å²) in [5, 5.41) is 12.4. The second-order valence-corrected chi connectivity index (χ2v) is 6.97. The SMILES string of the molecule is CC1CC1c1cc(NC(=O)Nc2ncc3c(n2)C(C)(C)OC3)n[nH]1. The molecule has 0 radical (unpaired) electrons. The highest BCUT2D eigenvalue weighted by Crippen LogP contribution is 2.46. The van der Waals surface area contributed by atoms with E-state index in [2.05, 4.69) is 37.7 Å². The van der Waals surface area contributed by atoms with Gasteiger partial charge in [-0.2, -0.15) is 5.10 Å². The maximum atomic E-state index is 12.1. The van der Waals surface area contributed by atoms with Crippen molar-refractivity contribution >= 4 is 17.8 Å². The number of aromatic amines is 1. The molecule has 8 nitrogen and oxygen atoms in total. The topological polar surface area (TPSA) is 105 Å². The first-order valence-electron chi connectivity index (χ1n) is 8.06. The Balaban J connectivity index is 1.42. The maximum absolute atomic E-state index is 12.1. The third-order valence-corrected chi connectivity index (χ3v) is 4.60. The van der Waals surface area contributed by atoms with Crippen molar-refractivity contribution in [2.75, 3.05) is 10.6 Å². The Labute approximate surface area is 139 Å². The molecule has 2 aromatic rings. The van der Waals surface area contributed by atoms with Crippen LogP contribution in [0.3, 0.4) is 0 Å². The molecule has 1 aliphatic carbocycles. The van der Waals surface area contributed by atoms with Crippen LogP contribution in [0, 0.1) is 5.92 Å². The van der Waals surface area contributed by atoms with E-state index in [0.29, 0.717) is 24.3 Å². The van der Waals surface area contributed by atoms with Gasteiger partial charge in [-0.05, 0) is 26.2 Å². The average Bonchev–Trinajstić information content (AvgIpc) is 2.95. The van der Waals surface area contributed by atoms with E-state index in [1.807, 2.05) is 19.9 Å². The highest BCUT2D eigenvalue weighted by Gasteiger charge is 2.35. The molecule has 126 valence electrons. The lowest BCUT2D eigenvalue weighted by molar-refractivity contribution is -0.0100. The number of ether oxygens (including phenoxy) is 1. The van der Waals surface area contributed by atoms with Crippen molar-refractivity contribution in [3.63, 3.8) is 0 Å². The van der Waals surface area contributed by atoms with Gasteiger partial charge in [0.05, 0.1) is 12.3 Å². The van der Waals surface area contributed by atoms with Crippen LogP contribution in [0.2, 0.25) is 0 Å². The number of hydrogen-bond acceptors (Lipinski definition) is 5. The van der Waals surface area contributed by atoms with Gasteiger partial charge in [-0.15, -0.1) is 0 Å². The average molecular weight is 328 g/mol. The number of fused-ring (bicyclic) bond motifs is 1. The minimum atomic E-state index is -0.469. The van der Waals surface area contributed by atoms with Crippen LogP contribution in [0.1, 0.15) is 50.1 Å². The highest BCUT2D eigenvalue weighted by molar-refractivity contribution is 5.98. The predicted molar refractivity (Wildman–Crippen MR) is 87.6 cm³/mol. The lowest BCUT2D eigenvalue weighted by atomic mass is 10.0. The van der Waals surface area contributed by atoms with Gasteiger partial charge < -0.3 is 4.74 Å². The Hall–Kier alpha value is -2.48. The van der Waals surface area contributed by atoms with Gasteiger partial charge in [0.25, 0.3) is 0 Å². The number of carbonyl (C=O) groups is 1. The Morgan fingerprint density at radius 3 is 2.96 bits per heavy atom. The third-order valence-electron chi connectivity index (χ3n) is 4.60. The van der Waals surface area contributed by atoms with Crippen molar-refractivity contribution in [3.05, 3.63) is 29.2 Å². The van der Waals surface area contributed by atoms with Crippen molar-refractivity contribution < 1.29 is 9.53 Å². The van der Waals surface area contributed by atoms with Crippen LogP contribution in [-0.4, -0.2) is 26.2 Å². The van der Waals surface area contributed by atoms with Gasteiger partial charge >= 0.3 is 6.03 Å². The first-order chi connectivity index (χ1) is 11.4. The van der Waals surface area contributed by atoms with Gasteiger partial charge in [-0.1, -0.05) is 6.92 Å². The van der Waals surface area contributed by atoms with Crippen molar-refractivity contribution in [2.24, 2.45) is 5.92 Å². The summed E-state index contributed by atoms with van der Waals surface area (Å²) in [6, 6.07) is 1.45. The van der Waals surface area contributed by atoms with Crippen LogP contribution in [0.25, 0.3) is 0 Å². The molecule has 3 heterocycles. The lowest BCUT2D eigenvalue weighted by Gasteiger charge is -2.17. The normalized spacial score (nSPS) is 23.6. The summed E-state index contributed by atoms with van der Waals surface area (Å²) < 4.78 is 5.66. The second kappa shape index (κ2) is 5.27. The molecule has 2 amide bonds. The minimum Gasteiger partial charge on any atom is -0.364 e. The van der Waals surface area contributed by atoms with Crippen LogP contribution < -0.4 is 10.6 Å².